The molecule has 116 valence electrons. The Kier molecular flexibility index (Phi) is 4.29. The molecule has 1 saturated carbocycles. The molecule has 1 aromatic heterocycles. The molecule has 3 rings (SSSR count). The zero-order valence-electron chi connectivity index (χ0n) is 13.1. The number of nitrogens with zero attached hydrogens (tertiary/aromatic N) is 1. The van der Waals surface area contributed by atoms with Crippen LogP contribution in [0.1, 0.15) is 31.4 Å². The van der Waals surface area contributed by atoms with E-state index in [2.05, 4.69) is 11.4 Å². The Bertz CT molecular complexity index is 717. The predicted octanol–water partition coefficient (Wildman–Crippen LogP) is 2.97. The maximum absolute atomic E-state index is 12.8. The Morgan fingerprint density at radius 3 is 2.77 bits per heavy atom. The van der Waals surface area contributed by atoms with E-state index in [-0.39, 0.29) is 5.56 Å². The van der Waals surface area contributed by atoms with E-state index in [1.54, 1.807) is 7.11 Å². The zero-order chi connectivity index (χ0) is 15.5. The number of aromatic nitrogens is 1. The van der Waals surface area contributed by atoms with E-state index in [4.69, 9.17) is 4.74 Å². The lowest BCUT2D eigenvalue weighted by Crippen LogP contribution is -2.27. The fourth-order valence-corrected chi connectivity index (χ4v) is 2.70. The maximum Gasteiger partial charge on any atom is 0.255 e. The van der Waals surface area contributed by atoms with Crippen LogP contribution < -0.4 is 15.6 Å². The lowest BCUT2D eigenvalue weighted by atomic mass is 10.1. The highest BCUT2D eigenvalue weighted by Gasteiger charge is 2.27. The lowest BCUT2D eigenvalue weighted by molar-refractivity contribution is 0.415. The number of pyridine rings is 1. The van der Waals surface area contributed by atoms with Gasteiger partial charge >= 0.3 is 0 Å². The molecule has 0 unspecified atom stereocenters. The molecular weight excluding hydrogens is 276 g/mol. The van der Waals surface area contributed by atoms with Gasteiger partial charge in [0.2, 0.25) is 0 Å². The number of benzene rings is 1. The van der Waals surface area contributed by atoms with Crippen molar-refractivity contribution in [3.63, 3.8) is 0 Å². The third kappa shape index (κ3) is 2.92. The maximum atomic E-state index is 12.8. The summed E-state index contributed by atoms with van der Waals surface area (Å²) in [6, 6.07) is 12.2. The van der Waals surface area contributed by atoms with Gasteiger partial charge in [0, 0.05) is 23.7 Å². The van der Waals surface area contributed by atoms with Gasteiger partial charge in [0.05, 0.1) is 12.8 Å². The van der Waals surface area contributed by atoms with E-state index in [9.17, 15) is 4.79 Å². The average molecular weight is 298 g/mol. The summed E-state index contributed by atoms with van der Waals surface area (Å²) in [7, 11) is 1.66. The van der Waals surface area contributed by atoms with Gasteiger partial charge < -0.3 is 14.6 Å². The van der Waals surface area contributed by atoms with E-state index in [0.29, 0.717) is 12.6 Å². The Balaban J connectivity index is 2.07. The van der Waals surface area contributed by atoms with Crippen LogP contribution in [0.4, 0.5) is 0 Å². The van der Waals surface area contributed by atoms with Crippen LogP contribution >= 0.6 is 0 Å². The van der Waals surface area contributed by atoms with Crippen molar-refractivity contribution in [2.45, 2.75) is 32.4 Å². The lowest BCUT2D eigenvalue weighted by Gasteiger charge is -2.15. The van der Waals surface area contributed by atoms with Crippen LogP contribution in [0.25, 0.3) is 11.3 Å². The molecule has 0 aliphatic heterocycles. The third-order valence-electron chi connectivity index (χ3n) is 4.04. The number of ether oxygens (including phenoxy) is 1. The molecule has 2 aromatic rings. The fourth-order valence-electron chi connectivity index (χ4n) is 2.70. The molecule has 1 aromatic carbocycles. The highest BCUT2D eigenvalue weighted by molar-refractivity contribution is 5.62. The Labute approximate surface area is 130 Å². The van der Waals surface area contributed by atoms with E-state index >= 15 is 0 Å². The monoisotopic (exact) mass is 298 g/mol. The summed E-state index contributed by atoms with van der Waals surface area (Å²) in [6.45, 7) is 3.53. The standard InChI is InChI=1S/C18H22N2O2/c1-3-19-12-14-7-10-17(20(18(14)21)15-8-9-15)13-5-4-6-16(11-13)22-2/h4-7,10-11,15,19H,3,8-9,12H2,1-2H3. The number of rotatable bonds is 6. The van der Waals surface area contributed by atoms with Crippen molar-refractivity contribution in [2.75, 3.05) is 13.7 Å². The van der Waals surface area contributed by atoms with Crippen LogP contribution in [0.15, 0.2) is 41.2 Å². The molecule has 22 heavy (non-hydrogen) atoms. The summed E-state index contributed by atoms with van der Waals surface area (Å²) in [5.74, 6) is 0.809. The van der Waals surface area contributed by atoms with Crippen LogP contribution in [0, 0.1) is 0 Å². The minimum absolute atomic E-state index is 0.128. The number of hydrogen-bond donors (Lipinski definition) is 1. The van der Waals surface area contributed by atoms with Crippen molar-refractivity contribution in [3.8, 4) is 17.0 Å². The summed E-state index contributed by atoms with van der Waals surface area (Å²) < 4.78 is 7.26. The van der Waals surface area contributed by atoms with Crippen LogP contribution in [-0.2, 0) is 6.54 Å². The molecule has 1 heterocycles. The molecule has 1 fully saturated rings. The van der Waals surface area contributed by atoms with Gasteiger partial charge in [-0.25, -0.2) is 0 Å². The molecule has 0 bridgehead atoms. The Morgan fingerprint density at radius 1 is 1.27 bits per heavy atom. The van der Waals surface area contributed by atoms with Crippen LogP contribution in [0.2, 0.25) is 0 Å². The second kappa shape index (κ2) is 6.36. The number of methoxy groups -OCH3 is 1. The molecule has 0 atom stereocenters. The first-order valence-corrected chi connectivity index (χ1v) is 7.84. The summed E-state index contributed by atoms with van der Waals surface area (Å²) in [6.07, 6.45) is 2.17. The minimum atomic E-state index is 0.128. The highest BCUT2D eigenvalue weighted by atomic mass is 16.5. The largest absolute Gasteiger partial charge is 0.497 e. The molecule has 1 N–H and O–H groups in total. The van der Waals surface area contributed by atoms with Gasteiger partial charge in [-0.15, -0.1) is 0 Å². The van der Waals surface area contributed by atoms with Crippen molar-refractivity contribution < 1.29 is 4.74 Å². The van der Waals surface area contributed by atoms with E-state index in [1.165, 1.54) is 0 Å². The normalized spacial score (nSPS) is 14.1. The van der Waals surface area contributed by atoms with E-state index < -0.39 is 0 Å². The first-order chi connectivity index (χ1) is 10.7. The average Bonchev–Trinajstić information content (AvgIpc) is 3.38. The summed E-state index contributed by atoms with van der Waals surface area (Å²) in [5, 5.41) is 3.24. The topological polar surface area (TPSA) is 43.3 Å². The van der Waals surface area contributed by atoms with Crippen LogP contribution in [-0.4, -0.2) is 18.2 Å². The quantitative estimate of drug-likeness (QED) is 0.891. The molecule has 0 saturated heterocycles. The van der Waals surface area contributed by atoms with Gasteiger partial charge in [-0.2, -0.15) is 0 Å². The Morgan fingerprint density at radius 2 is 2.09 bits per heavy atom. The smallest absolute Gasteiger partial charge is 0.255 e. The number of hydrogen-bond acceptors (Lipinski definition) is 3. The van der Waals surface area contributed by atoms with Gasteiger partial charge in [0.25, 0.3) is 5.56 Å². The molecule has 0 spiro atoms. The predicted molar refractivity (Wildman–Crippen MR) is 88.3 cm³/mol. The molecule has 0 radical (unpaired) electrons. The third-order valence-corrected chi connectivity index (χ3v) is 4.04. The fraction of sp³-hybridized carbons (Fsp3) is 0.389. The second-order valence-corrected chi connectivity index (χ2v) is 5.66. The second-order valence-electron chi connectivity index (χ2n) is 5.66. The van der Waals surface area contributed by atoms with Crippen molar-refractivity contribution >= 4 is 0 Å². The van der Waals surface area contributed by atoms with Gasteiger partial charge in [0.15, 0.2) is 0 Å². The summed E-state index contributed by atoms with van der Waals surface area (Å²) in [4.78, 5) is 12.8. The minimum Gasteiger partial charge on any atom is -0.497 e. The van der Waals surface area contributed by atoms with Crippen LogP contribution in [0.3, 0.4) is 0 Å². The molecule has 4 heteroatoms. The van der Waals surface area contributed by atoms with Gasteiger partial charge in [-0.05, 0) is 37.6 Å². The van der Waals surface area contributed by atoms with Gasteiger partial charge in [-0.3, -0.25) is 4.79 Å². The molecule has 1 aliphatic rings. The highest BCUT2D eigenvalue weighted by Crippen LogP contribution is 2.37. The molecule has 0 amide bonds. The summed E-state index contributed by atoms with van der Waals surface area (Å²) >= 11 is 0. The van der Waals surface area contributed by atoms with Crippen molar-refractivity contribution in [1.82, 2.24) is 9.88 Å². The van der Waals surface area contributed by atoms with Crippen molar-refractivity contribution in [1.29, 1.82) is 0 Å². The first kappa shape index (κ1) is 14.9. The Hall–Kier alpha value is -2.07. The van der Waals surface area contributed by atoms with Crippen LogP contribution in [0.5, 0.6) is 5.75 Å². The number of nitrogens with one attached hydrogen (secondary N) is 1. The van der Waals surface area contributed by atoms with Crippen molar-refractivity contribution in [2.24, 2.45) is 0 Å². The van der Waals surface area contributed by atoms with Gasteiger partial charge in [0.1, 0.15) is 5.75 Å². The SMILES string of the molecule is CCNCc1ccc(-c2cccc(OC)c2)n(C2CC2)c1=O. The summed E-state index contributed by atoms with van der Waals surface area (Å²) in [5.41, 5.74) is 2.97. The zero-order valence-corrected chi connectivity index (χ0v) is 13.1. The first-order valence-electron chi connectivity index (χ1n) is 7.84. The molecule has 4 nitrogen and oxygen atoms in total. The van der Waals surface area contributed by atoms with Crippen molar-refractivity contribution in [3.05, 3.63) is 52.3 Å². The van der Waals surface area contributed by atoms with E-state index in [1.807, 2.05) is 41.8 Å². The van der Waals surface area contributed by atoms with Gasteiger partial charge in [-0.1, -0.05) is 25.1 Å². The van der Waals surface area contributed by atoms with E-state index in [0.717, 1.165) is 42.0 Å². The molecule has 1 aliphatic carbocycles. The molecular formula is C18H22N2O2.